The molecule has 0 bridgehead atoms. The van der Waals surface area contributed by atoms with Gasteiger partial charge in [0.25, 0.3) is 0 Å². The van der Waals surface area contributed by atoms with Crippen LogP contribution in [0.5, 0.6) is 5.75 Å². The van der Waals surface area contributed by atoms with Gasteiger partial charge in [-0.2, -0.15) is 15.3 Å². The minimum Gasteiger partial charge on any atom is -0.508 e. The summed E-state index contributed by atoms with van der Waals surface area (Å²) >= 11 is 0. The van der Waals surface area contributed by atoms with Crippen molar-refractivity contribution in [2.75, 3.05) is 0 Å². The molecule has 5 heteroatoms. The van der Waals surface area contributed by atoms with Crippen molar-refractivity contribution in [3.63, 3.8) is 0 Å². The number of rotatable bonds is 2. The van der Waals surface area contributed by atoms with E-state index in [4.69, 9.17) is 5.10 Å². The predicted octanol–water partition coefficient (Wildman–Crippen LogP) is 4.77. The van der Waals surface area contributed by atoms with E-state index in [2.05, 4.69) is 30.1 Å². The molecule has 0 amide bonds. The maximum atomic E-state index is 9.86. The zero-order chi connectivity index (χ0) is 20.2. The van der Waals surface area contributed by atoms with Gasteiger partial charge in [0.2, 0.25) is 0 Å². The van der Waals surface area contributed by atoms with Gasteiger partial charge in [-0.3, -0.25) is 4.68 Å². The third-order valence-electron chi connectivity index (χ3n) is 8.10. The lowest BCUT2D eigenvalue weighted by atomic mass is 9.55. The predicted molar refractivity (Wildman–Crippen MR) is 116 cm³/mol. The molecule has 3 aliphatic carbocycles. The van der Waals surface area contributed by atoms with Crippen molar-refractivity contribution in [3.05, 3.63) is 46.8 Å². The molecule has 1 N–H and O–H groups in total. The quantitative estimate of drug-likeness (QED) is 0.593. The van der Waals surface area contributed by atoms with Crippen LogP contribution >= 0.6 is 0 Å². The van der Waals surface area contributed by atoms with Gasteiger partial charge in [-0.15, -0.1) is 0 Å². The summed E-state index contributed by atoms with van der Waals surface area (Å²) in [4.78, 5) is 0. The molecule has 29 heavy (non-hydrogen) atoms. The fourth-order valence-electron chi connectivity index (χ4n) is 6.32. The molecule has 4 atom stereocenters. The largest absolute Gasteiger partial charge is 0.508 e. The number of fused-ring (bicyclic) bond motifs is 5. The van der Waals surface area contributed by atoms with Gasteiger partial charge < -0.3 is 5.11 Å². The molecule has 0 spiro atoms. The molecule has 0 unspecified atom stereocenters. The topological polar surface area (TPSA) is 62.8 Å². The van der Waals surface area contributed by atoms with E-state index in [0.29, 0.717) is 17.6 Å². The Hall–Kier alpha value is -2.43. The molecule has 1 heterocycles. The number of phenols is 1. The molecule has 0 saturated heterocycles. The van der Waals surface area contributed by atoms with Crippen LogP contribution in [0.3, 0.4) is 0 Å². The van der Waals surface area contributed by atoms with Crippen molar-refractivity contribution in [3.8, 4) is 5.75 Å². The summed E-state index contributed by atoms with van der Waals surface area (Å²) in [5, 5.41) is 23.3. The summed E-state index contributed by atoms with van der Waals surface area (Å²) in [7, 11) is 1.95. The molecule has 2 aromatic rings. The SMILES string of the molecule is Cc1c(/C=N\N=C2\CC[C@@H]3[C@@H]4CCc5cc(O)ccc5[C@H]4CC[C@@]23C)cnn1C. The van der Waals surface area contributed by atoms with E-state index in [-0.39, 0.29) is 5.41 Å². The van der Waals surface area contributed by atoms with Crippen molar-refractivity contribution in [2.45, 2.75) is 58.3 Å². The van der Waals surface area contributed by atoms with Gasteiger partial charge in [-0.25, -0.2) is 0 Å². The first kappa shape index (κ1) is 18.6. The van der Waals surface area contributed by atoms with Crippen molar-refractivity contribution >= 4 is 11.9 Å². The molecule has 2 fully saturated rings. The molecule has 0 aliphatic heterocycles. The Morgan fingerprint density at radius 1 is 1.24 bits per heavy atom. The number of aromatic hydroxyl groups is 1. The van der Waals surface area contributed by atoms with Crippen LogP contribution in [-0.4, -0.2) is 26.8 Å². The van der Waals surface area contributed by atoms with Crippen LogP contribution in [0.2, 0.25) is 0 Å². The molecule has 1 aromatic carbocycles. The lowest BCUT2D eigenvalue weighted by Crippen LogP contribution is -2.42. The molecular formula is C24H30N4O. The van der Waals surface area contributed by atoms with Crippen LogP contribution in [-0.2, 0) is 13.5 Å². The van der Waals surface area contributed by atoms with E-state index in [1.807, 2.05) is 36.3 Å². The summed E-state index contributed by atoms with van der Waals surface area (Å²) in [5.41, 5.74) is 6.45. The monoisotopic (exact) mass is 390 g/mol. The Kier molecular flexibility index (Phi) is 4.37. The van der Waals surface area contributed by atoms with E-state index < -0.39 is 0 Å². The average molecular weight is 391 g/mol. The Labute approximate surface area is 172 Å². The minimum atomic E-state index is 0.177. The number of benzene rings is 1. The fraction of sp³-hybridized carbons (Fsp3) is 0.542. The summed E-state index contributed by atoms with van der Waals surface area (Å²) in [6.45, 7) is 4.48. The third kappa shape index (κ3) is 2.93. The standard InChI is InChI=1S/C24H30N4O/c1-15-17(14-26-28(15)3)13-25-27-23-9-8-22-21-6-4-16-12-18(29)5-7-19(16)20(21)10-11-24(22,23)2/h5,7,12-14,20-22,29H,4,6,8-11H2,1-3H3/b25-13-,27-23-/t20-,21-,22-,24-/m1/s1. The molecule has 0 radical (unpaired) electrons. The van der Waals surface area contributed by atoms with E-state index in [1.165, 1.54) is 42.5 Å². The summed E-state index contributed by atoms with van der Waals surface area (Å²) < 4.78 is 1.86. The number of aromatic nitrogens is 2. The van der Waals surface area contributed by atoms with Gasteiger partial charge in [0.15, 0.2) is 0 Å². The van der Waals surface area contributed by atoms with Crippen LogP contribution in [0.25, 0.3) is 0 Å². The lowest BCUT2D eigenvalue weighted by Gasteiger charge is -2.49. The number of nitrogens with zero attached hydrogens (tertiary/aromatic N) is 4. The van der Waals surface area contributed by atoms with Gasteiger partial charge in [0.1, 0.15) is 5.75 Å². The third-order valence-corrected chi connectivity index (χ3v) is 8.10. The van der Waals surface area contributed by atoms with Crippen molar-refractivity contribution < 1.29 is 5.11 Å². The van der Waals surface area contributed by atoms with E-state index >= 15 is 0 Å². The first-order valence-corrected chi connectivity index (χ1v) is 10.9. The Bertz CT molecular complexity index is 1000. The van der Waals surface area contributed by atoms with Crippen LogP contribution in [0, 0.1) is 24.2 Å². The zero-order valence-electron chi connectivity index (χ0n) is 17.6. The normalized spacial score (nSPS) is 32.4. The van der Waals surface area contributed by atoms with Gasteiger partial charge in [-0.1, -0.05) is 13.0 Å². The highest BCUT2D eigenvalue weighted by molar-refractivity contribution is 5.93. The molecule has 5 rings (SSSR count). The zero-order valence-corrected chi connectivity index (χ0v) is 17.6. The molecular weight excluding hydrogens is 360 g/mol. The Morgan fingerprint density at radius 3 is 2.90 bits per heavy atom. The van der Waals surface area contributed by atoms with Gasteiger partial charge in [0, 0.05) is 29.4 Å². The molecule has 152 valence electrons. The van der Waals surface area contributed by atoms with Crippen LogP contribution in [0.15, 0.2) is 34.6 Å². The number of aryl methyl sites for hydroxylation is 2. The van der Waals surface area contributed by atoms with Crippen molar-refractivity contribution in [1.82, 2.24) is 9.78 Å². The van der Waals surface area contributed by atoms with Gasteiger partial charge >= 0.3 is 0 Å². The second kappa shape index (κ2) is 6.82. The number of phenolic OH excluding ortho intramolecular Hbond substituents is 1. The second-order valence-corrected chi connectivity index (χ2v) is 9.39. The highest BCUT2D eigenvalue weighted by Crippen LogP contribution is 2.60. The van der Waals surface area contributed by atoms with Crippen LogP contribution in [0.1, 0.15) is 67.3 Å². The summed E-state index contributed by atoms with van der Waals surface area (Å²) in [6.07, 6.45) is 10.7. The Balaban J connectivity index is 1.39. The molecule has 1 aromatic heterocycles. The number of hydrogen-bond donors (Lipinski definition) is 1. The van der Waals surface area contributed by atoms with Crippen LogP contribution in [0.4, 0.5) is 0 Å². The van der Waals surface area contributed by atoms with Gasteiger partial charge in [0.05, 0.1) is 12.4 Å². The summed E-state index contributed by atoms with van der Waals surface area (Å²) in [5.74, 6) is 2.46. The molecule has 2 saturated carbocycles. The molecule has 3 aliphatic rings. The Morgan fingerprint density at radius 2 is 2.10 bits per heavy atom. The van der Waals surface area contributed by atoms with E-state index in [0.717, 1.165) is 30.0 Å². The fourth-order valence-corrected chi connectivity index (χ4v) is 6.32. The van der Waals surface area contributed by atoms with E-state index in [1.54, 1.807) is 0 Å². The number of hydrogen-bond acceptors (Lipinski definition) is 4. The second-order valence-electron chi connectivity index (χ2n) is 9.39. The smallest absolute Gasteiger partial charge is 0.115 e. The average Bonchev–Trinajstić information content (AvgIpc) is 3.21. The first-order valence-electron chi connectivity index (χ1n) is 10.9. The highest BCUT2D eigenvalue weighted by atomic mass is 16.3. The highest BCUT2D eigenvalue weighted by Gasteiger charge is 2.53. The maximum Gasteiger partial charge on any atom is 0.115 e. The van der Waals surface area contributed by atoms with Crippen molar-refractivity contribution in [1.29, 1.82) is 0 Å². The molecule has 5 nitrogen and oxygen atoms in total. The van der Waals surface area contributed by atoms with Crippen LogP contribution < -0.4 is 0 Å². The minimum absolute atomic E-state index is 0.177. The first-order chi connectivity index (χ1) is 14.0. The van der Waals surface area contributed by atoms with Crippen molar-refractivity contribution in [2.24, 2.45) is 34.5 Å². The van der Waals surface area contributed by atoms with E-state index in [9.17, 15) is 5.11 Å². The maximum absolute atomic E-state index is 9.86. The lowest BCUT2D eigenvalue weighted by molar-refractivity contribution is 0.0955. The summed E-state index contributed by atoms with van der Waals surface area (Å²) in [6, 6.07) is 6.02. The van der Waals surface area contributed by atoms with Gasteiger partial charge in [-0.05, 0) is 86.5 Å².